The second-order valence-electron chi connectivity index (χ2n) is 3.09. The predicted octanol–water partition coefficient (Wildman–Crippen LogP) is 3.73. The Hall–Kier alpha value is -1.55. The Morgan fingerprint density at radius 1 is 1.06 bits per heavy atom. The zero-order valence-electron chi connectivity index (χ0n) is 8.07. The van der Waals surface area contributed by atoms with E-state index >= 15 is 0 Å². The standard InChI is InChI=1S/C11H7ClF2N2/c12-8-9(7-4-2-1-3-5-7)15-6-16-10(8)11(13)14/h1-6,11H. The molecule has 0 N–H and O–H groups in total. The molecule has 1 heterocycles. The molecule has 0 amide bonds. The molecule has 0 unspecified atom stereocenters. The third-order valence-corrected chi connectivity index (χ3v) is 2.44. The van der Waals surface area contributed by atoms with Crippen molar-refractivity contribution in [2.45, 2.75) is 6.43 Å². The molecule has 0 aliphatic carbocycles. The van der Waals surface area contributed by atoms with Gasteiger partial charge in [0.15, 0.2) is 0 Å². The molecule has 5 heteroatoms. The third-order valence-electron chi connectivity index (χ3n) is 2.07. The fourth-order valence-electron chi connectivity index (χ4n) is 1.33. The van der Waals surface area contributed by atoms with Crippen LogP contribution in [0.4, 0.5) is 8.78 Å². The van der Waals surface area contributed by atoms with Gasteiger partial charge in [-0.25, -0.2) is 18.7 Å². The van der Waals surface area contributed by atoms with Crippen molar-refractivity contribution >= 4 is 11.6 Å². The number of rotatable bonds is 2. The summed E-state index contributed by atoms with van der Waals surface area (Å²) in [5, 5.41) is -0.0938. The summed E-state index contributed by atoms with van der Waals surface area (Å²) in [6.07, 6.45) is -1.60. The van der Waals surface area contributed by atoms with Crippen LogP contribution < -0.4 is 0 Å². The van der Waals surface area contributed by atoms with Crippen molar-refractivity contribution < 1.29 is 8.78 Å². The Kier molecular flexibility index (Phi) is 3.10. The lowest BCUT2D eigenvalue weighted by atomic mass is 10.1. The van der Waals surface area contributed by atoms with Crippen LogP contribution in [0.15, 0.2) is 36.7 Å². The molecule has 82 valence electrons. The monoisotopic (exact) mass is 240 g/mol. The van der Waals surface area contributed by atoms with E-state index in [1.807, 2.05) is 6.07 Å². The van der Waals surface area contributed by atoms with Gasteiger partial charge in [0.25, 0.3) is 6.43 Å². The summed E-state index contributed by atoms with van der Waals surface area (Å²) in [4.78, 5) is 7.39. The number of benzene rings is 1. The highest BCUT2D eigenvalue weighted by molar-refractivity contribution is 6.33. The van der Waals surface area contributed by atoms with Crippen LogP contribution in [0.5, 0.6) is 0 Å². The molecule has 1 aromatic carbocycles. The number of hydrogen-bond donors (Lipinski definition) is 0. The first-order valence-corrected chi connectivity index (χ1v) is 4.92. The largest absolute Gasteiger partial charge is 0.281 e. The lowest BCUT2D eigenvalue weighted by Crippen LogP contribution is -1.96. The summed E-state index contributed by atoms with van der Waals surface area (Å²) >= 11 is 5.83. The molecule has 2 nitrogen and oxygen atoms in total. The summed E-state index contributed by atoms with van der Waals surface area (Å²) in [5.74, 6) is 0. The molecule has 0 radical (unpaired) electrons. The highest BCUT2D eigenvalue weighted by Gasteiger charge is 2.17. The van der Waals surface area contributed by atoms with Gasteiger partial charge in [-0.05, 0) is 0 Å². The third kappa shape index (κ3) is 2.02. The number of alkyl halides is 2. The zero-order chi connectivity index (χ0) is 11.5. The lowest BCUT2D eigenvalue weighted by molar-refractivity contribution is 0.146. The van der Waals surface area contributed by atoms with Crippen molar-refractivity contribution in [1.82, 2.24) is 9.97 Å². The molecule has 0 fully saturated rings. The second kappa shape index (κ2) is 4.53. The van der Waals surface area contributed by atoms with Crippen molar-refractivity contribution in [2.75, 3.05) is 0 Å². The van der Waals surface area contributed by atoms with E-state index < -0.39 is 12.1 Å². The average molecular weight is 241 g/mol. The minimum absolute atomic E-state index is 0.0938. The average Bonchev–Trinajstić information content (AvgIpc) is 2.30. The molecule has 2 aromatic rings. The van der Waals surface area contributed by atoms with E-state index in [9.17, 15) is 8.78 Å². The normalized spacial score (nSPS) is 10.8. The van der Waals surface area contributed by atoms with Crippen molar-refractivity contribution in [1.29, 1.82) is 0 Å². The van der Waals surface area contributed by atoms with Crippen LogP contribution in [0.25, 0.3) is 11.3 Å². The van der Waals surface area contributed by atoms with Crippen molar-refractivity contribution in [2.24, 2.45) is 0 Å². The van der Waals surface area contributed by atoms with Crippen LogP contribution in [-0.2, 0) is 0 Å². The first-order valence-electron chi connectivity index (χ1n) is 4.54. The van der Waals surface area contributed by atoms with Gasteiger partial charge in [0.1, 0.15) is 12.0 Å². The fourth-order valence-corrected chi connectivity index (χ4v) is 1.62. The van der Waals surface area contributed by atoms with E-state index in [4.69, 9.17) is 11.6 Å². The Morgan fingerprint density at radius 2 is 1.75 bits per heavy atom. The number of nitrogens with zero attached hydrogens (tertiary/aromatic N) is 2. The maximum atomic E-state index is 12.5. The molecule has 0 aliphatic heterocycles. The Balaban J connectivity index is 2.55. The van der Waals surface area contributed by atoms with Crippen molar-refractivity contribution in [3.63, 3.8) is 0 Å². The molecule has 0 spiro atoms. The molecular weight excluding hydrogens is 234 g/mol. The molecule has 0 bridgehead atoms. The summed E-state index contributed by atoms with van der Waals surface area (Å²) in [6.45, 7) is 0. The molecule has 16 heavy (non-hydrogen) atoms. The Morgan fingerprint density at radius 3 is 2.38 bits per heavy atom. The van der Waals surface area contributed by atoms with Gasteiger partial charge < -0.3 is 0 Å². The maximum absolute atomic E-state index is 12.5. The van der Waals surface area contributed by atoms with E-state index in [1.54, 1.807) is 24.3 Å². The van der Waals surface area contributed by atoms with E-state index in [0.717, 1.165) is 6.33 Å². The van der Waals surface area contributed by atoms with Gasteiger partial charge in [0, 0.05) is 5.56 Å². The van der Waals surface area contributed by atoms with Crippen LogP contribution in [-0.4, -0.2) is 9.97 Å². The maximum Gasteiger partial charge on any atom is 0.281 e. The minimum atomic E-state index is -2.70. The summed E-state index contributed by atoms with van der Waals surface area (Å²) in [6, 6.07) is 8.91. The SMILES string of the molecule is FC(F)c1ncnc(-c2ccccc2)c1Cl. The molecule has 1 aromatic heterocycles. The highest BCUT2D eigenvalue weighted by Crippen LogP contribution is 2.31. The fraction of sp³-hybridized carbons (Fsp3) is 0.0909. The predicted molar refractivity (Wildman–Crippen MR) is 57.4 cm³/mol. The van der Waals surface area contributed by atoms with Crippen LogP contribution in [0.3, 0.4) is 0 Å². The van der Waals surface area contributed by atoms with E-state index in [1.165, 1.54) is 0 Å². The number of aromatic nitrogens is 2. The molecule has 0 atom stereocenters. The molecule has 0 saturated heterocycles. The Labute approximate surface area is 95.9 Å². The smallest absolute Gasteiger partial charge is 0.235 e. The highest BCUT2D eigenvalue weighted by atomic mass is 35.5. The van der Waals surface area contributed by atoms with E-state index in [0.29, 0.717) is 11.3 Å². The number of halogens is 3. The molecular formula is C11H7ClF2N2. The van der Waals surface area contributed by atoms with Crippen LogP contribution in [0.2, 0.25) is 5.02 Å². The first-order chi connectivity index (χ1) is 7.70. The minimum Gasteiger partial charge on any atom is -0.235 e. The first kappa shape index (κ1) is 11.0. The van der Waals surface area contributed by atoms with E-state index in [2.05, 4.69) is 9.97 Å². The van der Waals surface area contributed by atoms with Gasteiger partial charge in [0.2, 0.25) is 0 Å². The van der Waals surface area contributed by atoms with Gasteiger partial charge in [-0.3, -0.25) is 0 Å². The lowest BCUT2D eigenvalue weighted by Gasteiger charge is -2.06. The van der Waals surface area contributed by atoms with E-state index in [-0.39, 0.29) is 5.02 Å². The van der Waals surface area contributed by atoms with Gasteiger partial charge in [-0.2, -0.15) is 0 Å². The van der Waals surface area contributed by atoms with Gasteiger partial charge in [-0.1, -0.05) is 41.9 Å². The summed E-state index contributed by atoms with van der Waals surface area (Å²) < 4.78 is 25.1. The van der Waals surface area contributed by atoms with Crippen LogP contribution >= 0.6 is 11.6 Å². The van der Waals surface area contributed by atoms with Gasteiger partial charge >= 0.3 is 0 Å². The van der Waals surface area contributed by atoms with Crippen molar-refractivity contribution in [3.8, 4) is 11.3 Å². The zero-order valence-corrected chi connectivity index (χ0v) is 8.83. The Bertz CT molecular complexity index is 489. The quantitative estimate of drug-likeness (QED) is 0.799. The summed E-state index contributed by atoms with van der Waals surface area (Å²) in [5.41, 5.74) is 0.583. The summed E-state index contributed by atoms with van der Waals surface area (Å²) in [7, 11) is 0. The molecule has 0 saturated carbocycles. The van der Waals surface area contributed by atoms with Gasteiger partial charge in [0.05, 0.1) is 10.7 Å². The van der Waals surface area contributed by atoms with Crippen LogP contribution in [0.1, 0.15) is 12.1 Å². The van der Waals surface area contributed by atoms with Crippen molar-refractivity contribution in [3.05, 3.63) is 47.4 Å². The number of hydrogen-bond acceptors (Lipinski definition) is 2. The topological polar surface area (TPSA) is 25.8 Å². The molecule has 2 rings (SSSR count). The van der Waals surface area contributed by atoms with Gasteiger partial charge in [-0.15, -0.1) is 0 Å². The second-order valence-corrected chi connectivity index (χ2v) is 3.47. The van der Waals surface area contributed by atoms with Crippen LogP contribution in [0, 0.1) is 0 Å². The molecule has 0 aliphatic rings.